The number of carbonyl (C=O) groups is 3. The second-order valence-electron chi connectivity index (χ2n) is 13.6. The van der Waals surface area contributed by atoms with Crippen molar-refractivity contribution in [3.05, 3.63) is 48.0 Å². The third kappa shape index (κ3) is 8.78. The number of hydrogen-bond acceptors (Lipinski definition) is 8. The van der Waals surface area contributed by atoms with Gasteiger partial charge in [-0.3, -0.25) is 14.1 Å². The Labute approximate surface area is 290 Å². The highest BCUT2D eigenvalue weighted by Crippen LogP contribution is 2.56. The molecule has 3 amide bonds. The van der Waals surface area contributed by atoms with Gasteiger partial charge in [0.2, 0.25) is 11.8 Å². The molecule has 2 aromatic rings. The van der Waals surface area contributed by atoms with Gasteiger partial charge in [0.15, 0.2) is 5.75 Å². The molecule has 2 heterocycles. The van der Waals surface area contributed by atoms with Crippen molar-refractivity contribution >= 4 is 51.6 Å². The summed E-state index contributed by atoms with van der Waals surface area (Å²) in [6.45, 7) is 6.54. The predicted octanol–water partition coefficient (Wildman–Crippen LogP) is 7.42. The topological polar surface area (TPSA) is 109 Å². The number of halogens is 3. The van der Waals surface area contributed by atoms with Gasteiger partial charge in [-0.05, 0) is 88.3 Å². The number of likely N-dealkylation sites (tertiary alicyclic amines) is 1. The standard InChI is InChI=1S/C34H44F3N3O7S2/c1-33(2,3)46-32(43)38-16-14-26(22-8-6-9-25(18-22)47-49(5,44)34(35,36)37)27(20-38)31(42)40(23-10-11-23)24-12-13-29-28(19-24)39(15-7-17-45-4)30(41)21-48-29/h6,8-9,12-13,18-19,23,26-27,44H,7,10-11,14-17,20-21H2,1-5H3/t26-,27+/m1/s1. The molecule has 3 aliphatic rings. The highest BCUT2D eigenvalue weighted by molar-refractivity contribution is 8.25. The zero-order valence-corrected chi connectivity index (χ0v) is 30.0. The average Bonchev–Trinajstić information content (AvgIpc) is 3.86. The van der Waals surface area contributed by atoms with Crippen LogP contribution in [0.2, 0.25) is 0 Å². The van der Waals surface area contributed by atoms with E-state index in [4.69, 9.17) is 13.7 Å². The molecule has 0 aromatic heterocycles. The molecule has 15 heteroatoms. The molecular weight excluding hydrogens is 684 g/mol. The van der Waals surface area contributed by atoms with Gasteiger partial charge >= 0.3 is 11.6 Å². The third-order valence-corrected chi connectivity index (χ3v) is 11.0. The smallest absolute Gasteiger partial charge is 0.444 e. The van der Waals surface area contributed by atoms with Gasteiger partial charge in [0.1, 0.15) is 5.60 Å². The highest BCUT2D eigenvalue weighted by Gasteiger charge is 2.46. The molecule has 0 radical (unpaired) electrons. The van der Waals surface area contributed by atoms with Crippen LogP contribution in [0.1, 0.15) is 57.9 Å². The Morgan fingerprint density at radius 3 is 2.49 bits per heavy atom. The van der Waals surface area contributed by atoms with E-state index >= 15 is 0 Å². The van der Waals surface area contributed by atoms with Crippen molar-refractivity contribution in [1.29, 1.82) is 0 Å². The van der Waals surface area contributed by atoms with Crippen LogP contribution in [-0.4, -0.2) is 89.9 Å². The zero-order valence-electron chi connectivity index (χ0n) is 28.3. The van der Waals surface area contributed by atoms with Gasteiger partial charge in [0, 0.05) is 56.2 Å². The van der Waals surface area contributed by atoms with E-state index in [1.165, 1.54) is 34.9 Å². The number of anilines is 2. The lowest BCUT2D eigenvalue weighted by molar-refractivity contribution is -0.124. The van der Waals surface area contributed by atoms with Crippen LogP contribution >= 0.6 is 22.4 Å². The molecule has 5 rings (SSSR count). The monoisotopic (exact) mass is 727 g/mol. The van der Waals surface area contributed by atoms with Crippen molar-refractivity contribution in [2.75, 3.05) is 55.2 Å². The minimum absolute atomic E-state index is 0.0242. The lowest BCUT2D eigenvalue weighted by atomic mass is 9.79. The Morgan fingerprint density at radius 1 is 1.10 bits per heavy atom. The van der Waals surface area contributed by atoms with Crippen molar-refractivity contribution in [2.24, 2.45) is 5.92 Å². The van der Waals surface area contributed by atoms with Crippen LogP contribution in [0, 0.1) is 5.92 Å². The molecule has 10 nitrogen and oxygen atoms in total. The minimum atomic E-state index is -4.96. The summed E-state index contributed by atoms with van der Waals surface area (Å²) >= 11 is 1.45. The first-order chi connectivity index (χ1) is 23.0. The van der Waals surface area contributed by atoms with Crippen LogP contribution in [-0.2, 0) is 19.1 Å². The van der Waals surface area contributed by atoms with E-state index in [0.29, 0.717) is 49.3 Å². The fraction of sp³-hybridized carbons (Fsp3) is 0.559. The summed E-state index contributed by atoms with van der Waals surface area (Å²) < 4.78 is 66.4. The Balaban J connectivity index is 1.49. The fourth-order valence-corrected chi connectivity index (χ4v) is 7.60. The largest absolute Gasteiger partial charge is 0.504 e. The van der Waals surface area contributed by atoms with Crippen LogP contribution in [0.3, 0.4) is 0 Å². The van der Waals surface area contributed by atoms with Gasteiger partial charge in [-0.25, -0.2) is 4.79 Å². The first kappa shape index (κ1) is 37.1. The maximum Gasteiger partial charge on any atom is 0.504 e. The van der Waals surface area contributed by atoms with Crippen LogP contribution in [0.5, 0.6) is 5.75 Å². The summed E-state index contributed by atoms with van der Waals surface area (Å²) in [4.78, 5) is 47.0. The number of carbonyl (C=O) groups excluding carboxylic acids is 3. The Morgan fingerprint density at radius 2 is 1.84 bits per heavy atom. The molecule has 1 N–H and O–H groups in total. The molecule has 3 atom stereocenters. The number of fused-ring (bicyclic) bond motifs is 1. The molecule has 49 heavy (non-hydrogen) atoms. The zero-order chi connectivity index (χ0) is 35.7. The molecular formula is C34H44F3N3O7S2. The molecule has 0 spiro atoms. The molecule has 0 bridgehead atoms. The summed E-state index contributed by atoms with van der Waals surface area (Å²) in [7, 11) is -2.81. The minimum Gasteiger partial charge on any atom is -0.444 e. The van der Waals surface area contributed by atoms with Crippen LogP contribution in [0.25, 0.3) is 0 Å². The summed E-state index contributed by atoms with van der Waals surface area (Å²) in [5.41, 5.74) is -3.79. The highest BCUT2D eigenvalue weighted by atomic mass is 32.3. The molecule has 1 unspecified atom stereocenters. The van der Waals surface area contributed by atoms with Crippen molar-refractivity contribution < 1.29 is 45.8 Å². The van der Waals surface area contributed by atoms with Gasteiger partial charge in [-0.1, -0.05) is 22.7 Å². The van der Waals surface area contributed by atoms with Crippen molar-refractivity contribution in [3.63, 3.8) is 0 Å². The second kappa shape index (κ2) is 14.6. The number of nitrogens with zero attached hydrogens (tertiary/aromatic N) is 3. The van der Waals surface area contributed by atoms with Crippen LogP contribution in [0.15, 0.2) is 47.4 Å². The number of benzene rings is 2. The maximum absolute atomic E-state index is 14.8. The van der Waals surface area contributed by atoms with Crippen LogP contribution in [0.4, 0.5) is 29.3 Å². The summed E-state index contributed by atoms with van der Waals surface area (Å²) in [5.74, 6) is -1.37. The lowest BCUT2D eigenvalue weighted by Crippen LogP contribution is -2.51. The van der Waals surface area contributed by atoms with Gasteiger partial charge < -0.3 is 28.4 Å². The van der Waals surface area contributed by atoms with E-state index in [1.807, 2.05) is 18.2 Å². The van der Waals surface area contributed by atoms with Gasteiger partial charge in [-0.15, -0.1) is 11.8 Å². The van der Waals surface area contributed by atoms with Gasteiger partial charge in [-0.2, -0.15) is 13.2 Å². The number of thioether (sulfide) groups is 1. The normalized spacial score (nSPS) is 21.8. The van der Waals surface area contributed by atoms with E-state index in [9.17, 15) is 32.1 Å². The Kier molecular flexibility index (Phi) is 11.1. The van der Waals surface area contributed by atoms with Crippen molar-refractivity contribution in [2.45, 2.75) is 74.4 Å². The molecule has 1 saturated heterocycles. The molecule has 2 aliphatic heterocycles. The van der Waals surface area contributed by atoms with Gasteiger partial charge in [0.25, 0.3) is 0 Å². The molecule has 270 valence electrons. The Hall–Kier alpha value is -3.14. The maximum atomic E-state index is 14.8. The first-order valence-corrected chi connectivity index (χ1v) is 19.1. The lowest BCUT2D eigenvalue weighted by Gasteiger charge is -2.41. The number of alkyl halides is 3. The molecule has 2 fully saturated rings. The summed E-state index contributed by atoms with van der Waals surface area (Å²) in [6.07, 6.45) is 2.60. The Bertz CT molecular complexity index is 1550. The first-order valence-electron chi connectivity index (χ1n) is 16.2. The summed E-state index contributed by atoms with van der Waals surface area (Å²) in [6, 6.07) is 11.6. The fourth-order valence-electron chi connectivity index (χ4n) is 6.11. The van der Waals surface area contributed by atoms with Crippen molar-refractivity contribution in [1.82, 2.24) is 4.90 Å². The number of methoxy groups -OCH3 is 1. The quantitative estimate of drug-likeness (QED) is 0.252. The number of amides is 3. The third-order valence-electron chi connectivity index (χ3n) is 8.60. The van der Waals surface area contributed by atoms with E-state index in [-0.39, 0.29) is 36.7 Å². The van der Waals surface area contributed by atoms with Gasteiger partial charge in [0.05, 0.1) is 17.4 Å². The second-order valence-corrected chi connectivity index (χ2v) is 16.9. The number of ether oxygens (including phenoxy) is 2. The van der Waals surface area contributed by atoms with E-state index in [0.717, 1.165) is 23.4 Å². The number of piperidine rings is 1. The number of hydrogen-bond donors (Lipinski definition) is 1. The SMILES string of the molecule is COCCCN1C(=O)CSc2ccc(N(C(=O)[C@H]3CN(C(=O)OC(C)(C)C)CC[C@@H]3c3cccc(OS(C)(O)C(F)(F)F)c3)C3CC3)cc21. The molecule has 2 aromatic carbocycles. The van der Waals surface area contributed by atoms with Crippen molar-refractivity contribution in [3.8, 4) is 5.75 Å². The van der Waals surface area contributed by atoms with Crippen LogP contribution < -0.4 is 14.0 Å². The average molecular weight is 728 g/mol. The predicted molar refractivity (Wildman–Crippen MR) is 184 cm³/mol. The number of rotatable bonds is 10. The van der Waals surface area contributed by atoms with E-state index < -0.39 is 39.6 Å². The molecule has 1 saturated carbocycles. The molecule has 1 aliphatic carbocycles. The van der Waals surface area contributed by atoms with E-state index in [1.54, 1.807) is 43.7 Å². The van der Waals surface area contributed by atoms with E-state index in [2.05, 4.69) is 0 Å². The summed E-state index contributed by atoms with van der Waals surface area (Å²) in [5, 5.41) is 0.